The van der Waals surface area contributed by atoms with Crippen LogP contribution in [0.25, 0.3) is 0 Å². The molecule has 0 aromatic heterocycles. The van der Waals surface area contributed by atoms with Crippen LogP contribution in [0.3, 0.4) is 0 Å². The Bertz CT molecular complexity index is 581. The molecule has 2 unspecified atom stereocenters. The lowest BCUT2D eigenvalue weighted by Gasteiger charge is -2.54. The number of aliphatic hydroxyl groups excluding tert-OH is 2. The Labute approximate surface area is 174 Å². The number of carboxylic acid groups (broad SMARTS) is 4. The van der Waals surface area contributed by atoms with Crippen LogP contribution in [0.4, 0.5) is 0 Å². The van der Waals surface area contributed by atoms with Gasteiger partial charge in [0.1, 0.15) is 0 Å². The topological polar surface area (TPSA) is 193 Å². The minimum atomic E-state index is -1.76. The second-order valence-electron chi connectivity index (χ2n) is 8.65. The molecule has 11 nitrogen and oxygen atoms in total. The van der Waals surface area contributed by atoms with Crippen LogP contribution in [0.1, 0.15) is 53.4 Å². The van der Waals surface area contributed by atoms with E-state index in [1.807, 2.05) is 0 Å². The summed E-state index contributed by atoms with van der Waals surface area (Å²) in [6, 6.07) is 0. The number of aliphatic carboxylic acids is 4. The Morgan fingerprint density at radius 2 is 1.17 bits per heavy atom. The summed E-state index contributed by atoms with van der Waals surface area (Å²) in [6.45, 7) is 9.40. The minimum absolute atomic E-state index is 0.0239. The van der Waals surface area contributed by atoms with Crippen LogP contribution in [0.5, 0.6) is 0 Å². The molecule has 1 saturated heterocycles. The van der Waals surface area contributed by atoms with E-state index in [2.05, 4.69) is 32.6 Å². The van der Waals surface area contributed by atoms with Crippen molar-refractivity contribution >= 4 is 23.9 Å². The van der Waals surface area contributed by atoms with Crippen molar-refractivity contribution in [3.63, 3.8) is 0 Å². The van der Waals surface area contributed by atoms with Gasteiger partial charge in [-0.2, -0.15) is 0 Å². The Morgan fingerprint density at radius 1 is 0.833 bits per heavy atom. The van der Waals surface area contributed by atoms with Crippen molar-refractivity contribution in [2.75, 3.05) is 13.2 Å². The van der Waals surface area contributed by atoms with Crippen molar-refractivity contribution in [2.24, 2.45) is 11.8 Å². The Balaban J connectivity index is 0.000000564. The van der Waals surface area contributed by atoms with Gasteiger partial charge in [-0.15, -0.1) is 0 Å². The zero-order valence-corrected chi connectivity index (χ0v) is 17.7. The van der Waals surface area contributed by atoms with Crippen LogP contribution < -0.4 is 0 Å². The predicted molar refractivity (Wildman–Crippen MR) is 104 cm³/mol. The predicted octanol–water partition coefficient (Wildman–Crippen LogP) is 0.330. The Hall–Kier alpha value is -2.24. The number of nitrogens with zero attached hydrogens (tertiary/aromatic N) is 1. The highest BCUT2D eigenvalue weighted by molar-refractivity contribution is 5.86. The monoisotopic (exact) mass is 435 g/mol. The largest absolute Gasteiger partial charge is 0.481 e. The molecule has 174 valence electrons. The maximum Gasteiger partial charge on any atom is 0.307 e. The molecule has 0 aromatic rings. The van der Waals surface area contributed by atoms with Gasteiger partial charge in [0.15, 0.2) is 0 Å². The third-order valence-corrected chi connectivity index (χ3v) is 5.16. The molecule has 0 bridgehead atoms. The van der Waals surface area contributed by atoms with Gasteiger partial charge in [0.05, 0.1) is 37.4 Å². The van der Waals surface area contributed by atoms with Gasteiger partial charge in [-0.25, -0.2) is 0 Å². The Morgan fingerprint density at radius 3 is 1.40 bits per heavy atom. The van der Waals surface area contributed by atoms with E-state index in [0.717, 1.165) is 12.8 Å². The van der Waals surface area contributed by atoms with Crippen LogP contribution in [-0.4, -0.2) is 89.7 Å². The van der Waals surface area contributed by atoms with Crippen molar-refractivity contribution in [1.29, 1.82) is 0 Å². The number of carbonyl (C=O) groups is 4. The van der Waals surface area contributed by atoms with Gasteiger partial charge in [0, 0.05) is 17.6 Å². The molecule has 0 saturated carbocycles. The van der Waals surface area contributed by atoms with Crippen LogP contribution in [-0.2, 0) is 19.2 Å². The van der Waals surface area contributed by atoms with E-state index in [9.17, 15) is 24.3 Å². The fourth-order valence-electron chi connectivity index (χ4n) is 4.15. The van der Waals surface area contributed by atoms with Crippen molar-refractivity contribution in [1.82, 2.24) is 4.90 Å². The smallest absolute Gasteiger partial charge is 0.307 e. The normalized spacial score (nSPS) is 20.3. The van der Waals surface area contributed by atoms with E-state index in [-0.39, 0.29) is 23.8 Å². The number of aliphatic hydroxyl groups is 2. The highest BCUT2D eigenvalue weighted by Gasteiger charge is 2.44. The zero-order chi connectivity index (χ0) is 23.9. The number of hydrogen-bond acceptors (Lipinski definition) is 7. The van der Waals surface area contributed by atoms with E-state index in [1.54, 1.807) is 0 Å². The van der Waals surface area contributed by atoms with E-state index >= 15 is 0 Å². The second kappa shape index (κ2) is 11.2. The summed E-state index contributed by atoms with van der Waals surface area (Å²) in [4.78, 5) is 44.2. The molecule has 0 aliphatic carbocycles. The molecule has 1 fully saturated rings. The highest BCUT2D eigenvalue weighted by atomic mass is 16.4. The first kappa shape index (κ1) is 27.8. The van der Waals surface area contributed by atoms with Crippen molar-refractivity contribution in [2.45, 2.75) is 70.6 Å². The third kappa shape index (κ3) is 8.64. The van der Waals surface area contributed by atoms with E-state index in [4.69, 9.17) is 25.5 Å². The van der Waals surface area contributed by atoms with E-state index in [1.165, 1.54) is 0 Å². The number of piperidine rings is 1. The molecule has 0 amide bonds. The molecule has 0 aromatic carbocycles. The fraction of sp³-hybridized carbons (Fsp3) is 0.789. The van der Waals surface area contributed by atoms with Gasteiger partial charge in [-0.1, -0.05) is 0 Å². The van der Waals surface area contributed by atoms with Crippen LogP contribution in [0, 0.1) is 11.8 Å². The number of likely N-dealkylation sites (tertiary alicyclic amines) is 1. The van der Waals surface area contributed by atoms with Gasteiger partial charge in [0.25, 0.3) is 0 Å². The lowest BCUT2D eigenvalue weighted by molar-refractivity contribution is -0.160. The van der Waals surface area contributed by atoms with Crippen LogP contribution in [0.15, 0.2) is 0 Å². The average Bonchev–Trinajstić information content (AvgIpc) is 2.52. The van der Waals surface area contributed by atoms with Gasteiger partial charge in [0.2, 0.25) is 0 Å². The summed E-state index contributed by atoms with van der Waals surface area (Å²) < 4.78 is 0. The number of carboxylic acids is 4. The number of hydrogen-bond donors (Lipinski definition) is 6. The molecule has 6 N–H and O–H groups in total. The SMILES string of the molecule is CC1(C)CC(O)CC(C)(C)N1CCO.O=C(O)CC(C(=O)O)C(CC(=O)O)C(=O)O. The molecule has 0 radical (unpaired) electrons. The third-order valence-electron chi connectivity index (χ3n) is 5.16. The maximum absolute atomic E-state index is 10.6. The first-order valence-electron chi connectivity index (χ1n) is 9.51. The summed E-state index contributed by atoms with van der Waals surface area (Å²) in [7, 11) is 0. The van der Waals surface area contributed by atoms with Crippen LogP contribution >= 0.6 is 0 Å². The highest BCUT2D eigenvalue weighted by Crippen LogP contribution is 2.37. The van der Waals surface area contributed by atoms with Gasteiger partial charge < -0.3 is 30.6 Å². The lowest BCUT2D eigenvalue weighted by Crippen LogP contribution is -2.62. The molecular weight excluding hydrogens is 402 g/mol. The van der Waals surface area contributed by atoms with Gasteiger partial charge in [-0.05, 0) is 40.5 Å². The summed E-state index contributed by atoms with van der Waals surface area (Å²) in [5, 5.41) is 52.9. The summed E-state index contributed by atoms with van der Waals surface area (Å²) in [6.07, 6.45) is -0.499. The van der Waals surface area contributed by atoms with Crippen molar-refractivity contribution in [3.05, 3.63) is 0 Å². The van der Waals surface area contributed by atoms with E-state index < -0.39 is 48.6 Å². The lowest BCUT2D eigenvalue weighted by atomic mass is 9.78. The molecule has 2 atom stereocenters. The fourth-order valence-corrected chi connectivity index (χ4v) is 4.15. The second-order valence-corrected chi connectivity index (χ2v) is 8.65. The molecular formula is C19H33NO10. The average molecular weight is 435 g/mol. The summed E-state index contributed by atoms with van der Waals surface area (Å²) in [5.41, 5.74) is -0.0478. The molecule has 30 heavy (non-hydrogen) atoms. The van der Waals surface area contributed by atoms with Crippen molar-refractivity contribution < 1.29 is 49.8 Å². The first-order chi connectivity index (χ1) is 13.5. The molecule has 1 heterocycles. The summed E-state index contributed by atoms with van der Waals surface area (Å²) >= 11 is 0. The first-order valence-corrected chi connectivity index (χ1v) is 9.51. The summed E-state index contributed by atoms with van der Waals surface area (Å²) in [5.74, 6) is -9.79. The molecule has 1 aliphatic rings. The number of rotatable bonds is 9. The molecule has 1 aliphatic heterocycles. The molecule has 11 heteroatoms. The minimum Gasteiger partial charge on any atom is -0.481 e. The molecule has 1 rings (SSSR count). The van der Waals surface area contributed by atoms with E-state index in [0.29, 0.717) is 6.54 Å². The standard InChI is InChI=1S/C11H23NO2.C8H10O8/c1-10(2)7-9(14)8-11(3,4)12(10)5-6-13;9-5(10)1-3(7(13)14)4(8(15)16)2-6(11)12/h9,13-14H,5-8H2,1-4H3;3-4H,1-2H2,(H,9,10)(H,11,12)(H,13,14)(H,15,16). The van der Waals surface area contributed by atoms with Crippen LogP contribution in [0.2, 0.25) is 0 Å². The van der Waals surface area contributed by atoms with Gasteiger partial charge >= 0.3 is 23.9 Å². The number of β-amino-alcohol motifs (C(OH)–C–C–N with tert-alkyl or cyclic N) is 1. The van der Waals surface area contributed by atoms with Crippen molar-refractivity contribution in [3.8, 4) is 0 Å². The maximum atomic E-state index is 10.6. The van der Waals surface area contributed by atoms with Gasteiger partial charge in [-0.3, -0.25) is 24.1 Å². The zero-order valence-electron chi connectivity index (χ0n) is 17.7. The quantitative estimate of drug-likeness (QED) is 0.292. The molecule has 0 spiro atoms. The Kier molecular flexibility index (Phi) is 10.4.